The minimum atomic E-state index is -0.256. The van der Waals surface area contributed by atoms with Crippen LogP contribution in [0, 0.1) is 5.92 Å². The Labute approximate surface area is 112 Å². The van der Waals surface area contributed by atoms with Gasteiger partial charge in [-0.2, -0.15) is 0 Å². The predicted octanol–water partition coefficient (Wildman–Crippen LogP) is 0.271. The first-order chi connectivity index (χ1) is 9.20. The van der Waals surface area contributed by atoms with E-state index in [0.29, 0.717) is 25.0 Å². The second-order valence-corrected chi connectivity index (χ2v) is 4.84. The molecule has 0 bridgehead atoms. The maximum absolute atomic E-state index is 11.2. The van der Waals surface area contributed by atoms with Crippen LogP contribution in [0.3, 0.4) is 0 Å². The average molecular weight is 267 g/mol. The van der Waals surface area contributed by atoms with Gasteiger partial charge in [0.1, 0.15) is 0 Å². The summed E-state index contributed by atoms with van der Waals surface area (Å²) in [5.41, 5.74) is 5.35. The molecule has 0 aliphatic carbocycles. The lowest BCUT2D eigenvalue weighted by atomic mass is 9.98. The molecule has 1 aromatic rings. The van der Waals surface area contributed by atoms with Crippen LogP contribution < -0.4 is 16.0 Å². The molecule has 2 rings (SSSR count). The molecule has 3 N–H and O–H groups in total. The number of hydrogen-bond acceptors (Lipinski definition) is 6. The van der Waals surface area contributed by atoms with Crippen LogP contribution in [0.1, 0.15) is 32.1 Å². The third-order valence-electron chi connectivity index (χ3n) is 3.25. The lowest BCUT2D eigenvalue weighted by molar-refractivity contribution is -0.122. The zero-order valence-corrected chi connectivity index (χ0v) is 11.3. The van der Waals surface area contributed by atoms with Crippen molar-refractivity contribution < 1.29 is 9.21 Å². The highest BCUT2D eigenvalue weighted by Gasteiger charge is 2.26. The summed E-state index contributed by atoms with van der Waals surface area (Å²) < 4.78 is 5.59. The van der Waals surface area contributed by atoms with Crippen LogP contribution >= 0.6 is 0 Å². The van der Waals surface area contributed by atoms with Crippen molar-refractivity contribution in [2.45, 2.75) is 32.7 Å². The van der Waals surface area contributed by atoms with Crippen LogP contribution in [-0.4, -0.2) is 35.7 Å². The van der Waals surface area contributed by atoms with E-state index in [4.69, 9.17) is 10.2 Å². The summed E-state index contributed by atoms with van der Waals surface area (Å²) in [5.74, 6) is 0.195. The Morgan fingerprint density at radius 1 is 1.58 bits per heavy atom. The van der Waals surface area contributed by atoms with E-state index in [9.17, 15) is 4.79 Å². The number of primary amides is 1. The Kier molecular flexibility index (Phi) is 4.73. The first kappa shape index (κ1) is 13.8. The minimum absolute atomic E-state index is 0.123. The van der Waals surface area contributed by atoms with Crippen LogP contribution in [0.4, 0.5) is 6.01 Å². The van der Waals surface area contributed by atoms with Gasteiger partial charge in [0.15, 0.2) is 0 Å². The van der Waals surface area contributed by atoms with Gasteiger partial charge in [-0.15, -0.1) is 5.10 Å². The molecule has 1 amide bonds. The summed E-state index contributed by atoms with van der Waals surface area (Å²) in [5, 5.41) is 11.2. The Morgan fingerprint density at radius 2 is 2.42 bits per heavy atom. The smallest absolute Gasteiger partial charge is 0.318 e. The van der Waals surface area contributed by atoms with Crippen LogP contribution in [0.5, 0.6) is 0 Å². The second kappa shape index (κ2) is 6.51. The van der Waals surface area contributed by atoms with Gasteiger partial charge in [-0.25, -0.2) is 0 Å². The summed E-state index contributed by atoms with van der Waals surface area (Å²) in [6, 6.07) is 0.485. The molecule has 0 spiro atoms. The molecule has 0 saturated carbocycles. The molecule has 1 unspecified atom stereocenters. The molecular weight excluding hydrogens is 246 g/mol. The summed E-state index contributed by atoms with van der Waals surface area (Å²) in [6.07, 6.45) is 2.82. The van der Waals surface area contributed by atoms with E-state index in [1.807, 2.05) is 4.90 Å². The van der Waals surface area contributed by atoms with Gasteiger partial charge in [-0.3, -0.25) is 4.79 Å². The first-order valence-electron chi connectivity index (χ1n) is 6.78. The van der Waals surface area contributed by atoms with Gasteiger partial charge in [-0.05, 0) is 25.8 Å². The Hall–Kier alpha value is -1.63. The van der Waals surface area contributed by atoms with Gasteiger partial charge < -0.3 is 20.4 Å². The lowest BCUT2D eigenvalue weighted by Gasteiger charge is -2.29. The minimum Gasteiger partial charge on any atom is -0.407 e. The van der Waals surface area contributed by atoms with E-state index in [1.54, 1.807) is 0 Å². The molecule has 1 saturated heterocycles. The quantitative estimate of drug-likeness (QED) is 0.718. The summed E-state index contributed by atoms with van der Waals surface area (Å²) >= 11 is 0. The number of anilines is 1. The highest BCUT2D eigenvalue weighted by Crippen LogP contribution is 2.21. The third-order valence-corrected chi connectivity index (χ3v) is 3.25. The van der Waals surface area contributed by atoms with Crippen LogP contribution in [0.15, 0.2) is 4.42 Å². The Bertz CT molecular complexity index is 420. The number of hydrogen-bond donors (Lipinski definition) is 2. The van der Waals surface area contributed by atoms with Crippen molar-refractivity contribution >= 4 is 11.9 Å². The van der Waals surface area contributed by atoms with Crippen LogP contribution in [0.2, 0.25) is 0 Å². The fourth-order valence-corrected chi connectivity index (χ4v) is 2.20. The highest BCUT2D eigenvalue weighted by molar-refractivity contribution is 5.77. The maximum atomic E-state index is 11.2. The van der Waals surface area contributed by atoms with Crippen molar-refractivity contribution in [1.82, 2.24) is 15.5 Å². The molecule has 0 aromatic carbocycles. The molecule has 7 heteroatoms. The van der Waals surface area contributed by atoms with E-state index in [2.05, 4.69) is 22.4 Å². The molecule has 1 fully saturated rings. The molecule has 1 aromatic heterocycles. The highest BCUT2D eigenvalue weighted by atomic mass is 16.4. The second-order valence-electron chi connectivity index (χ2n) is 4.84. The molecule has 2 heterocycles. The summed E-state index contributed by atoms with van der Waals surface area (Å²) in [6.45, 7) is 5.00. The SMILES string of the molecule is CCCNCc1nnc(N2CCCC(C(N)=O)C2)o1. The third kappa shape index (κ3) is 3.66. The number of nitrogens with one attached hydrogen (secondary N) is 1. The molecule has 19 heavy (non-hydrogen) atoms. The molecule has 1 atom stereocenters. The maximum Gasteiger partial charge on any atom is 0.318 e. The number of carbonyl (C=O) groups excluding carboxylic acids is 1. The molecule has 106 valence electrons. The standard InChI is InChI=1S/C12H21N5O2/c1-2-5-14-7-10-15-16-12(19-10)17-6-3-4-9(8-17)11(13)18/h9,14H,2-8H2,1H3,(H2,13,18). The first-order valence-corrected chi connectivity index (χ1v) is 6.78. The van der Waals surface area contributed by atoms with Crippen molar-refractivity contribution in [3.63, 3.8) is 0 Å². The zero-order valence-electron chi connectivity index (χ0n) is 11.3. The number of nitrogens with zero attached hydrogens (tertiary/aromatic N) is 3. The van der Waals surface area contributed by atoms with Crippen molar-refractivity contribution in [1.29, 1.82) is 0 Å². The van der Waals surface area contributed by atoms with E-state index in [0.717, 1.165) is 32.4 Å². The number of piperidine rings is 1. The fourth-order valence-electron chi connectivity index (χ4n) is 2.20. The Morgan fingerprint density at radius 3 is 3.16 bits per heavy atom. The zero-order chi connectivity index (χ0) is 13.7. The van der Waals surface area contributed by atoms with Gasteiger partial charge in [0.25, 0.3) is 0 Å². The molecule has 7 nitrogen and oxygen atoms in total. The van der Waals surface area contributed by atoms with E-state index in [1.165, 1.54) is 0 Å². The number of aromatic nitrogens is 2. The van der Waals surface area contributed by atoms with Crippen molar-refractivity contribution in [3.8, 4) is 0 Å². The Balaban J connectivity index is 1.92. The molecule has 0 radical (unpaired) electrons. The number of amides is 1. The van der Waals surface area contributed by atoms with Gasteiger partial charge in [0.05, 0.1) is 12.5 Å². The lowest BCUT2D eigenvalue weighted by Crippen LogP contribution is -2.41. The van der Waals surface area contributed by atoms with Crippen LogP contribution in [0.25, 0.3) is 0 Å². The normalized spacial score (nSPS) is 19.6. The summed E-state index contributed by atoms with van der Waals surface area (Å²) in [4.78, 5) is 13.2. The summed E-state index contributed by atoms with van der Waals surface area (Å²) in [7, 11) is 0. The van der Waals surface area contributed by atoms with Crippen molar-refractivity contribution in [3.05, 3.63) is 5.89 Å². The topological polar surface area (TPSA) is 97.3 Å². The molecule has 1 aliphatic rings. The van der Waals surface area contributed by atoms with Gasteiger partial charge in [0, 0.05) is 13.1 Å². The van der Waals surface area contributed by atoms with Crippen LogP contribution in [-0.2, 0) is 11.3 Å². The number of carbonyl (C=O) groups is 1. The van der Waals surface area contributed by atoms with E-state index >= 15 is 0 Å². The predicted molar refractivity (Wildman–Crippen MR) is 70.4 cm³/mol. The van der Waals surface area contributed by atoms with Crippen molar-refractivity contribution in [2.24, 2.45) is 11.7 Å². The number of nitrogens with two attached hydrogens (primary N) is 1. The monoisotopic (exact) mass is 267 g/mol. The molecule has 1 aliphatic heterocycles. The van der Waals surface area contributed by atoms with Gasteiger partial charge >= 0.3 is 6.01 Å². The van der Waals surface area contributed by atoms with Gasteiger partial charge in [-0.1, -0.05) is 12.0 Å². The fraction of sp³-hybridized carbons (Fsp3) is 0.750. The largest absolute Gasteiger partial charge is 0.407 e. The van der Waals surface area contributed by atoms with Crippen molar-refractivity contribution in [2.75, 3.05) is 24.5 Å². The van der Waals surface area contributed by atoms with E-state index in [-0.39, 0.29) is 11.8 Å². The average Bonchev–Trinajstić information content (AvgIpc) is 2.88. The van der Waals surface area contributed by atoms with Gasteiger partial charge in [0.2, 0.25) is 11.8 Å². The van der Waals surface area contributed by atoms with E-state index < -0.39 is 0 Å². The number of rotatable bonds is 6. The molecular formula is C12H21N5O2.